The third-order valence-corrected chi connectivity index (χ3v) is 5.56. The van der Waals surface area contributed by atoms with E-state index in [-0.39, 0.29) is 11.8 Å². The first-order valence-corrected chi connectivity index (χ1v) is 11.5. The molecule has 168 valence electrons. The second-order valence-corrected chi connectivity index (χ2v) is 8.74. The number of hydrogen-bond acceptors (Lipinski definition) is 2. The van der Waals surface area contributed by atoms with E-state index in [1.807, 2.05) is 32.0 Å². The van der Waals surface area contributed by atoms with E-state index < -0.39 is 6.04 Å². The number of nitrogens with zero attached hydrogens (tertiary/aromatic N) is 1. The number of amides is 2. The van der Waals surface area contributed by atoms with Crippen molar-refractivity contribution in [2.24, 2.45) is 5.92 Å². The van der Waals surface area contributed by atoms with Gasteiger partial charge in [0.1, 0.15) is 6.04 Å². The van der Waals surface area contributed by atoms with E-state index in [0.29, 0.717) is 38.3 Å². The average Bonchev–Trinajstić information content (AvgIpc) is 2.76. The predicted molar refractivity (Wildman–Crippen MR) is 128 cm³/mol. The zero-order chi connectivity index (χ0) is 22.8. The summed E-state index contributed by atoms with van der Waals surface area (Å²) in [5.41, 5.74) is 4.65. The third-order valence-electron chi connectivity index (χ3n) is 5.56. The fourth-order valence-electron chi connectivity index (χ4n) is 3.69. The molecule has 0 aliphatic rings. The van der Waals surface area contributed by atoms with E-state index >= 15 is 0 Å². The lowest BCUT2D eigenvalue weighted by molar-refractivity contribution is -0.141. The Labute approximate surface area is 188 Å². The van der Waals surface area contributed by atoms with Gasteiger partial charge >= 0.3 is 0 Å². The van der Waals surface area contributed by atoms with Crippen molar-refractivity contribution in [2.45, 2.75) is 72.9 Å². The lowest BCUT2D eigenvalue weighted by Gasteiger charge is -2.31. The van der Waals surface area contributed by atoms with Gasteiger partial charge in [-0.3, -0.25) is 9.59 Å². The molecule has 2 aromatic rings. The molecule has 2 amide bonds. The van der Waals surface area contributed by atoms with Crippen molar-refractivity contribution in [3.05, 3.63) is 70.8 Å². The van der Waals surface area contributed by atoms with Gasteiger partial charge in [0.05, 0.1) is 0 Å². The van der Waals surface area contributed by atoms with Gasteiger partial charge in [-0.15, -0.1) is 0 Å². The minimum Gasteiger partial charge on any atom is -0.354 e. The number of aryl methyl sites for hydroxylation is 3. The molecule has 31 heavy (non-hydrogen) atoms. The van der Waals surface area contributed by atoms with Crippen LogP contribution in [0.25, 0.3) is 0 Å². The van der Waals surface area contributed by atoms with Gasteiger partial charge in [-0.2, -0.15) is 0 Å². The minimum atomic E-state index is -0.464. The zero-order valence-corrected chi connectivity index (χ0v) is 19.8. The lowest BCUT2D eigenvalue weighted by atomic mass is 10.0. The first-order valence-electron chi connectivity index (χ1n) is 11.5. The molecule has 4 nitrogen and oxygen atoms in total. The van der Waals surface area contributed by atoms with Crippen LogP contribution in [0, 0.1) is 12.8 Å². The summed E-state index contributed by atoms with van der Waals surface area (Å²) in [6.07, 6.45) is 2.67. The van der Waals surface area contributed by atoms with Gasteiger partial charge < -0.3 is 10.2 Å². The maximum absolute atomic E-state index is 13.3. The normalized spacial score (nSPS) is 11.9. The molecule has 2 aromatic carbocycles. The predicted octanol–water partition coefficient (Wildman–Crippen LogP) is 5.07. The van der Waals surface area contributed by atoms with Crippen LogP contribution in [0.4, 0.5) is 0 Å². The van der Waals surface area contributed by atoms with Crippen molar-refractivity contribution in [3.8, 4) is 0 Å². The van der Waals surface area contributed by atoms with Crippen molar-refractivity contribution in [2.75, 3.05) is 6.54 Å². The fourth-order valence-corrected chi connectivity index (χ4v) is 3.69. The van der Waals surface area contributed by atoms with Crippen LogP contribution >= 0.6 is 0 Å². The highest BCUT2D eigenvalue weighted by Gasteiger charge is 2.28. The topological polar surface area (TPSA) is 49.4 Å². The van der Waals surface area contributed by atoms with E-state index in [1.165, 1.54) is 5.56 Å². The van der Waals surface area contributed by atoms with Crippen LogP contribution in [-0.2, 0) is 29.0 Å². The minimum absolute atomic E-state index is 0.0209. The second-order valence-electron chi connectivity index (χ2n) is 8.74. The van der Waals surface area contributed by atoms with Crippen molar-refractivity contribution >= 4 is 11.8 Å². The highest BCUT2D eigenvalue weighted by atomic mass is 16.2. The second kappa shape index (κ2) is 12.3. The number of hydrogen-bond donors (Lipinski definition) is 1. The Morgan fingerprint density at radius 2 is 1.65 bits per heavy atom. The van der Waals surface area contributed by atoms with Gasteiger partial charge in [0.2, 0.25) is 11.8 Å². The van der Waals surface area contributed by atoms with E-state index in [0.717, 1.165) is 23.1 Å². The summed E-state index contributed by atoms with van der Waals surface area (Å²) in [5.74, 6) is 0.325. The molecule has 0 bridgehead atoms. The van der Waals surface area contributed by atoms with Gasteiger partial charge in [0.25, 0.3) is 0 Å². The van der Waals surface area contributed by atoms with Crippen LogP contribution in [0.5, 0.6) is 0 Å². The van der Waals surface area contributed by atoms with Gasteiger partial charge in [-0.25, -0.2) is 0 Å². The number of carbonyl (C=O) groups excluding carboxylic acids is 2. The molecule has 0 fully saturated rings. The highest BCUT2D eigenvalue weighted by Crippen LogP contribution is 2.16. The molecule has 1 N–H and O–H groups in total. The molecule has 4 heteroatoms. The van der Waals surface area contributed by atoms with E-state index in [9.17, 15) is 9.59 Å². The summed E-state index contributed by atoms with van der Waals surface area (Å²) in [7, 11) is 0. The van der Waals surface area contributed by atoms with E-state index in [1.54, 1.807) is 4.90 Å². The largest absolute Gasteiger partial charge is 0.354 e. The van der Waals surface area contributed by atoms with Crippen molar-refractivity contribution in [3.63, 3.8) is 0 Å². The van der Waals surface area contributed by atoms with Crippen molar-refractivity contribution in [1.82, 2.24) is 10.2 Å². The van der Waals surface area contributed by atoms with Gasteiger partial charge in [0, 0.05) is 19.5 Å². The molecule has 0 spiro atoms. The smallest absolute Gasteiger partial charge is 0.242 e. The maximum atomic E-state index is 13.3. The van der Waals surface area contributed by atoms with Crippen LogP contribution < -0.4 is 5.32 Å². The van der Waals surface area contributed by atoms with Crippen LogP contribution in [0.3, 0.4) is 0 Å². The first kappa shape index (κ1) is 24.6. The standard InChI is InChI=1S/C27H38N2O2/c1-6-22-11-13-23(14-12-22)15-16-26(30)29(19-24-10-8-9-21(5)17-24)25(7-2)27(31)28-18-20(3)4/h8-14,17,20,25H,6-7,15-16,18-19H2,1-5H3,(H,28,31). The number of benzene rings is 2. The van der Waals surface area contributed by atoms with Crippen molar-refractivity contribution in [1.29, 1.82) is 0 Å². The molecule has 0 saturated carbocycles. The Kier molecular flexibility index (Phi) is 9.77. The molecule has 0 heterocycles. The molecular formula is C27H38N2O2. The maximum Gasteiger partial charge on any atom is 0.242 e. The third kappa shape index (κ3) is 7.86. The Morgan fingerprint density at radius 3 is 2.23 bits per heavy atom. The molecule has 0 radical (unpaired) electrons. The Balaban J connectivity index is 2.17. The molecule has 1 unspecified atom stereocenters. The van der Waals surface area contributed by atoms with Gasteiger partial charge in [-0.05, 0) is 48.8 Å². The van der Waals surface area contributed by atoms with E-state index in [4.69, 9.17) is 0 Å². The number of rotatable bonds is 11. The highest BCUT2D eigenvalue weighted by molar-refractivity contribution is 5.87. The first-order chi connectivity index (χ1) is 14.8. The fraction of sp³-hybridized carbons (Fsp3) is 0.481. The van der Waals surface area contributed by atoms with Gasteiger partial charge in [0.15, 0.2) is 0 Å². The lowest BCUT2D eigenvalue weighted by Crippen LogP contribution is -2.49. The summed E-state index contributed by atoms with van der Waals surface area (Å²) < 4.78 is 0. The molecule has 0 aliphatic heterocycles. The monoisotopic (exact) mass is 422 g/mol. The Hall–Kier alpha value is -2.62. The van der Waals surface area contributed by atoms with Crippen molar-refractivity contribution < 1.29 is 9.59 Å². The molecule has 1 atom stereocenters. The summed E-state index contributed by atoms with van der Waals surface area (Å²) in [6.45, 7) is 11.4. The molecule has 0 aromatic heterocycles. The summed E-state index contributed by atoms with van der Waals surface area (Å²) in [4.78, 5) is 28.0. The van der Waals surface area contributed by atoms with Gasteiger partial charge in [-0.1, -0.05) is 81.8 Å². The summed E-state index contributed by atoms with van der Waals surface area (Å²) >= 11 is 0. The molecule has 0 aliphatic carbocycles. The number of nitrogens with one attached hydrogen (secondary N) is 1. The summed E-state index contributed by atoms with van der Waals surface area (Å²) in [5, 5.41) is 3.02. The molecule has 2 rings (SSSR count). The van der Waals surface area contributed by atoms with E-state index in [2.05, 4.69) is 56.4 Å². The summed E-state index contributed by atoms with van der Waals surface area (Å²) in [6, 6.07) is 16.1. The molecular weight excluding hydrogens is 384 g/mol. The number of carbonyl (C=O) groups is 2. The Morgan fingerprint density at radius 1 is 0.968 bits per heavy atom. The average molecular weight is 423 g/mol. The van der Waals surface area contributed by atoms with Crippen LogP contribution in [0.2, 0.25) is 0 Å². The zero-order valence-electron chi connectivity index (χ0n) is 19.8. The Bertz CT molecular complexity index is 843. The molecule has 0 saturated heterocycles. The SMILES string of the molecule is CCc1ccc(CCC(=O)N(Cc2cccc(C)c2)C(CC)C(=O)NCC(C)C)cc1. The quantitative estimate of drug-likeness (QED) is 0.550. The van der Waals surface area contributed by atoms with Crippen LogP contribution in [0.1, 0.15) is 62.8 Å². The van der Waals surface area contributed by atoms with Crippen LogP contribution in [-0.4, -0.2) is 29.3 Å². The van der Waals surface area contributed by atoms with Crippen LogP contribution in [0.15, 0.2) is 48.5 Å².